The SMILES string of the molecule is CCCc1csc(CC(C)CC(=O)O)n1. The van der Waals surface area contributed by atoms with Crippen molar-refractivity contribution in [3.63, 3.8) is 0 Å². The van der Waals surface area contributed by atoms with Crippen LogP contribution in [0.1, 0.15) is 37.4 Å². The third-order valence-electron chi connectivity index (χ3n) is 2.15. The molecule has 1 aromatic rings. The lowest BCUT2D eigenvalue weighted by Gasteiger charge is -2.04. The molecule has 1 aromatic heterocycles. The maximum atomic E-state index is 10.5. The van der Waals surface area contributed by atoms with E-state index in [0.717, 1.165) is 30.0 Å². The Hall–Kier alpha value is -0.900. The van der Waals surface area contributed by atoms with Gasteiger partial charge in [-0.25, -0.2) is 4.98 Å². The fourth-order valence-electron chi connectivity index (χ4n) is 1.48. The van der Waals surface area contributed by atoms with Gasteiger partial charge in [0.1, 0.15) is 0 Å². The maximum Gasteiger partial charge on any atom is 0.303 e. The van der Waals surface area contributed by atoms with Crippen molar-refractivity contribution in [3.05, 3.63) is 16.1 Å². The van der Waals surface area contributed by atoms with Crippen LogP contribution in [-0.4, -0.2) is 16.1 Å². The van der Waals surface area contributed by atoms with Crippen molar-refractivity contribution < 1.29 is 9.90 Å². The summed E-state index contributed by atoms with van der Waals surface area (Å²) >= 11 is 1.64. The highest BCUT2D eigenvalue weighted by Crippen LogP contribution is 2.17. The largest absolute Gasteiger partial charge is 0.481 e. The molecule has 0 aliphatic carbocycles. The Bertz CT molecular complexity index is 322. The Labute approximate surface area is 94.2 Å². The summed E-state index contributed by atoms with van der Waals surface area (Å²) in [6.07, 6.45) is 3.13. The number of rotatable bonds is 6. The van der Waals surface area contributed by atoms with E-state index in [9.17, 15) is 4.79 Å². The molecular formula is C11H17NO2S. The number of aliphatic carboxylic acids is 1. The Morgan fingerprint density at radius 1 is 1.67 bits per heavy atom. The van der Waals surface area contributed by atoms with Crippen molar-refractivity contribution >= 4 is 17.3 Å². The molecule has 1 rings (SSSR count). The predicted molar refractivity (Wildman–Crippen MR) is 61.2 cm³/mol. The Kier molecular flexibility index (Phi) is 4.75. The van der Waals surface area contributed by atoms with Gasteiger partial charge in [0, 0.05) is 18.2 Å². The van der Waals surface area contributed by atoms with E-state index in [0.29, 0.717) is 0 Å². The number of carboxylic acids is 1. The summed E-state index contributed by atoms with van der Waals surface area (Å²) in [5.41, 5.74) is 1.14. The van der Waals surface area contributed by atoms with Crippen LogP contribution >= 0.6 is 11.3 Å². The molecule has 0 bridgehead atoms. The summed E-state index contributed by atoms with van der Waals surface area (Å²) in [4.78, 5) is 15.0. The average molecular weight is 227 g/mol. The summed E-state index contributed by atoms with van der Waals surface area (Å²) in [6, 6.07) is 0. The highest BCUT2D eigenvalue weighted by molar-refractivity contribution is 7.09. The molecule has 1 unspecified atom stereocenters. The van der Waals surface area contributed by atoms with E-state index in [1.54, 1.807) is 11.3 Å². The summed E-state index contributed by atoms with van der Waals surface area (Å²) < 4.78 is 0. The molecule has 3 nitrogen and oxygen atoms in total. The number of thiazole rings is 1. The first-order chi connectivity index (χ1) is 7.11. The van der Waals surface area contributed by atoms with Crippen molar-refractivity contribution in [1.82, 2.24) is 4.98 Å². The average Bonchev–Trinajstić information content (AvgIpc) is 2.51. The molecule has 0 spiro atoms. The lowest BCUT2D eigenvalue weighted by atomic mass is 10.1. The molecule has 1 atom stereocenters. The topological polar surface area (TPSA) is 50.2 Å². The van der Waals surface area contributed by atoms with Crippen molar-refractivity contribution in [3.8, 4) is 0 Å². The number of aryl methyl sites for hydroxylation is 1. The number of hydrogen-bond donors (Lipinski definition) is 1. The van der Waals surface area contributed by atoms with Crippen LogP contribution in [0.2, 0.25) is 0 Å². The van der Waals surface area contributed by atoms with E-state index in [1.807, 2.05) is 6.92 Å². The van der Waals surface area contributed by atoms with E-state index >= 15 is 0 Å². The zero-order chi connectivity index (χ0) is 11.3. The van der Waals surface area contributed by atoms with Crippen molar-refractivity contribution in [2.75, 3.05) is 0 Å². The minimum atomic E-state index is -0.729. The van der Waals surface area contributed by atoms with Crippen LogP contribution in [0.3, 0.4) is 0 Å². The third-order valence-corrected chi connectivity index (χ3v) is 3.07. The number of carboxylic acid groups (broad SMARTS) is 1. The lowest BCUT2D eigenvalue weighted by molar-refractivity contribution is -0.137. The van der Waals surface area contributed by atoms with Gasteiger partial charge in [-0.15, -0.1) is 11.3 Å². The summed E-state index contributed by atoms with van der Waals surface area (Å²) in [7, 11) is 0. The van der Waals surface area contributed by atoms with Crippen LogP contribution < -0.4 is 0 Å². The number of aromatic nitrogens is 1. The molecule has 4 heteroatoms. The van der Waals surface area contributed by atoms with Gasteiger partial charge in [0.15, 0.2) is 0 Å². The standard InChI is InChI=1S/C11H17NO2S/c1-3-4-9-7-15-10(12-9)5-8(2)6-11(13)14/h7-8H,3-6H2,1-2H3,(H,13,14). The van der Waals surface area contributed by atoms with Crippen molar-refractivity contribution in [2.24, 2.45) is 5.92 Å². The van der Waals surface area contributed by atoms with Crippen LogP contribution in [0.15, 0.2) is 5.38 Å². The molecule has 0 aliphatic heterocycles. The van der Waals surface area contributed by atoms with Crippen LogP contribution in [0.5, 0.6) is 0 Å². The second-order valence-corrected chi connectivity index (χ2v) is 4.83. The quantitative estimate of drug-likeness (QED) is 0.813. The minimum absolute atomic E-state index is 0.170. The molecule has 0 fully saturated rings. The molecule has 1 heterocycles. The molecule has 0 amide bonds. The van der Waals surface area contributed by atoms with E-state index in [-0.39, 0.29) is 12.3 Å². The molecule has 0 aromatic carbocycles. The summed E-state index contributed by atoms with van der Waals surface area (Å²) in [6.45, 7) is 4.08. The van der Waals surface area contributed by atoms with Crippen LogP contribution in [0.4, 0.5) is 0 Å². The maximum absolute atomic E-state index is 10.5. The first-order valence-corrected chi connectivity index (χ1v) is 6.14. The second-order valence-electron chi connectivity index (χ2n) is 3.89. The van der Waals surface area contributed by atoms with Crippen LogP contribution in [0.25, 0.3) is 0 Å². The van der Waals surface area contributed by atoms with Gasteiger partial charge in [0.2, 0.25) is 0 Å². The fourth-order valence-corrected chi connectivity index (χ4v) is 2.48. The Balaban J connectivity index is 2.45. The zero-order valence-electron chi connectivity index (χ0n) is 9.19. The summed E-state index contributed by atoms with van der Waals surface area (Å²) in [5.74, 6) is -0.559. The van der Waals surface area contributed by atoms with Crippen LogP contribution in [0, 0.1) is 5.92 Å². The molecule has 84 valence electrons. The smallest absolute Gasteiger partial charge is 0.303 e. The van der Waals surface area contributed by atoms with E-state index in [2.05, 4.69) is 17.3 Å². The molecule has 0 aliphatic rings. The van der Waals surface area contributed by atoms with Crippen LogP contribution in [-0.2, 0) is 17.6 Å². The molecule has 0 radical (unpaired) electrons. The first-order valence-electron chi connectivity index (χ1n) is 5.27. The minimum Gasteiger partial charge on any atom is -0.481 e. The second kappa shape index (κ2) is 5.85. The number of carbonyl (C=O) groups is 1. The van der Waals surface area contributed by atoms with Gasteiger partial charge < -0.3 is 5.11 Å². The molecule has 0 saturated carbocycles. The first kappa shape index (κ1) is 12.2. The molecule has 15 heavy (non-hydrogen) atoms. The highest BCUT2D eigenvalue weighted by Gasteiger charge is 2.10. The molecule has 0 saturated heterocycles. The fraction of sp³-hybridized carbons (Fsp3) is 0.636. The van der Waals surface area contributed by atoms with Gasteiger partial charge in [0.25, 0.3) is 0 Å². The highest BCUT2D eigenvalue weighted by atomic mass is 32.1. The van der Waals surface area contributed by atoms with Gasteiger partial charge in [0.05, 0.1) is 10.7 Å². The Morgan fingerprint density at radius 3 is 3.00 bits per heavy atom. The molecule has 1 N–H and O–H groups in total. The lowest BCUT2D eigenvalue weighted by Crippen LogP contribution is -2.06. The van der Waals surface area contributed by atoms with Crippen molar-refractivity contribution in [2.45, 2.75) is 39.5 Å². The van der Waals surface area contributed by atoms with Gasteiger partial charge >= 0.3 is 5.97 Å². The number of hydrogen-bond acceptors (Lipinski definition) is 3. The van der Waals surface area contributed by atoms with Gasteiger partial charge in [-0.05, 0) is 12.3 Å². The van der Waals surface area contributed by atoms with Gasteiger partial charge in [-0.3, -0.25) is 4.79 Å². The van der Waals surface area contributed by atoms with Crippen molar-refractivity contribution in [1.29, 1.82) is 0 Å². The number of nitrogens with zero attached hydrogens (tertiary/aromatic N) is 1. The van der Waals surface area contributed by atoms with E-state index in [4.69, 9.17) is 5.11 Å². The third kappa shape index (κ3) is 4.42. The summed E-state index contributed by atoms with van der Waals surface area (Å²) in [5, 5.41) is 11.8. The Morgan fingerprint density at radius 2 is 2.40 bits per heavy atom. The van der Waals surface area contributed by atoms with Gasteiger partial charge in [-0.2, -0.15) is 0 Å². The van der Waals surface area contributed by atoms with E-state index < -0.39 is 5.97 Å². The van der Waals surface area contributed by atoms with E-state index in [1.165, 1.54) is 0 Å². The normalized spacial score (nSPS) is 12.7. The molecular weight excluding hydrogens is 210 g/mol. The zero-order valence-corrected chi connectivity index (χ0v) is 10.0. The predicted octanol–water partition coefficient (Wildman–Crippen LogP) is 2.75. The monoisotopic (exact) mass is 227 g/mol. The van der Waals surface area contributed by atoms with Gasteiger partial charge in [-0.1, -0.05) is 20.3 Å².